The van der Waals surface area contributed by atoms with E-state index in [1.165, 1.54) is 12.4 Å². The van der Waals surface area contributed by atoms with Crippen LogP contribution in [0.3, 0.4) is 0 Å². The van der Waals surface area contributed by atoms with Crippen LogP contribution in [0.1, 0.15) is 23.0 Å². The van der Waals surface area contributed by atoms with Crippen molar-refractivity contribution < 1.29 is 14.3 Å². The van der Waals surface area contributed by atoms with Crippen molar-refractivity contribution in [2.75, 3.05) is 0 Å². The van der Waals surface area contributed by atoms with Crippen LogP contribution in [0.2, 0.25) is 0 Å². The van der Waals surface area contributed by atoms with Gasteiger partial charge in [-0.05, 0) is 24.6 Å². The molecule has 0 radical (unpaired) electrons. The van der Waals surface area contributed by atoms with Crippen LogP contribution in [0.25, 0.3) is 0 Å². The summed E-state index contributed by atoms with van der Waals surface area (Å²) in [4.78, 5) is 19.3. The lowest BCUT2D eigenvalue weighted by Gasteiger charge is -2.08. The number of benzene rings is 1. The zero-order chi connectivity index (χ0) is 14.7. The van der Waals surface area contributed by atoms with Gasteiger partial charge in [0.1, 0.15) is 11.4 Å². The highest BCUT2D eigenvalue weighted by Crippen LogP contribution is 2.33. The fourth-order valence-corrected chi connectivity index (χ4v) is 3.05. The molecule has 1 aromatic heterocycles. The Morgan fingerprint density at radius 3 is 2.85 bits per heavy atom. The number of aromatic carboxylic acids is 1. The normalized spacial score (nSPS) is 10.6. The summed E-state index contributed by atoms with van der Waals surface area (Å²) in [7, 11) is 0. The fourth-order valence-electron chi connectivity index (χ4n) is 1.57. The SMILES string of the molecule is CCc1ncnc(Sc2cc(Br)ccc2C(=O)O)c1F. The zero-order valence-corrected chi connectivity index (χ0v) is 12.8. The molecule has 2 rings (SSSR count). The molecule has 20 heavy (non-hydrogen) atoms. The van der Waals surface area contributed by atoms with E-state index in [4.69, 9.17) is 5.11 Å². The van der Waals surface area contributed by atoms with Crippen LogP contribution < -0.4 is 0 Å². The predicted molar refractivity (Wildman–Crippen MR) is 76.6 cm³/mol. The average Bonchev–Trinajstić information content (AvgIpc) is 2.41. The second kappa shape index (κ2) is 6.32. The Morgan fingerprint density at radius 2 is 2.20 bits per heavy atom. The number of carboxylic acid groups (broad SMARTS) is 1. The van der Waals surface area contributed by atoms with Crippen molar-refractivity contribution in [2.45, 2.75) is 23.3 Å². The number of aromatic nitrogens is 2. The minimum atomic E-state index is -1.06. The van der Waals surface area contributed by atoms with E-state index in [2.05, 4.69) is 25.9 Å². The maximum Gasteiger partial charge on any atom is 0.336 e. The maximum atomic E-state index is 14.1. The molecule has 0 saturated heterocycles. The zero-order valence-electron chi connectivity index (χ0n) is 10.4. The monoisotopic (exact) mass is 356 g/mol. The molecule has 1 N–H and O–H groups in total. The van der Waals surface area contributed by atoms with Gasteiger partial charge in [-0.1, -0.05) is 34.6 Å². The van der Waals surface area contributed by atoms with Gasteiger partial charge < -0.3 is 5.11 Å². The Morgan fingerprint density at radius 1 is 1.45 bits per heavy atom. The summed E-state index contributed by atoms with van der Waals surface area (Å²) in [6.45, 7) is 1.79. The molecule has 0 unspecified atom stereocenters. The number of hydrogen-bond donors (Lipinski definition) is 1. The molecule has 0 spiro atoms. The Labute approximate surface area is 127 Å². The highest BCUT2D eigenvalue weighted by Gasteiger charge is 2.16. The first-order valence-electron chi connectivity index (χ1n) is 5.73. The third-order valence-electron chi connectivity index (χ3n) is 2.55. The second-order valence-corrected chi connectivity index (χ2v) is 5.79. The van der Waals surface area contributed by atoms with Gasteiger partial charge in [-0.25, -0.2) is 19.2 Å². The molecule has 0 fully saturated rings. The minimum absolute atomic E-state index is 0.106. The third-order valence-corrected chi connectivity index (χ3v) is 4.07. The molecule has 0 atom stereocenters. The number of carbonyl (C=O) groups is 1. The van der Waals surface area contributed by atoms with Crippen LogP contribution in [0.15, 0.2) is 38.9 Å². The first-order chi connectivity index (χ1) is 9.52. The van der Waals surface area contributed by atoms with E-state index in [9.17, 15) is 9.18 Å². The molecule has 0 aliphatic rings. The summed E-state index contributed by atoms with van der Waals surface area (Å²) in [6, 6.07) is 4.72. The van der Waals surface area contributed by atoms with Gasteiger partial charge in [0, 0.05) is 9.37 Å². The molecule has 0 saturated carbocycles. The summed E-state index contributed by atoms with van der Waals surface area (Å²) in [6.07, 6.45) is 1.73. The largest absolute Gasteiger partial charge is 0.478 e. The van der Waals surface area contributed by atoms with Crippen LogP contribution in [0, 0.1) is 5.82 Å². The van der Waals surface area contributed by atoms with E-state index in [0.29, 0.717) is 17.0 Å². The van der Waals surface area contributed by atoms with Gasteiger partial charge in [0.15, 0.2) is 5.82 Å². The Kier molecular flexibility index (Phi) is 4.72. The van der Waals surface area contributed by atoms with E-state index < -0.39 is 11.8 Å². The van der Waals surface area contributed by atoms with Crippen LogP contribution in [0.4, 0.5) is 4.39 Å². The Hall–Kier alpha value is -1.47. The van der Waals surface area contributed by atoms with Crippen molar-refractivity contribution in [3.8, 4) is 0 Å². The van der Waals surface area contributed by atoms with Gasteiger partial charge in [-0.3, -0.25) is 0 Å². The van der Waals surface area contributed by atoms with Gasteiger partial charge in [-0.2, -0.15) is 0 Å². The van der Waals surface area contributed by atoms with Gasteiger partial charge in [0.05, 0.1) is 11.3 Å². The highest BCUT2D eigenvalue weighted by molar-refractivity contribution is 9.10. The smallest absolute Gasteiger partial charge is 0.336 e. The highest BCUT2D eigenvalue weighted by atomic mass is 79.9. The molecule has 1 heterocycles. The van der Waals surface area contributed by atoms with Gasteiger partial charge in [0.2, 0.25) is 0 Å². The molecule has 1 aromatic carbocycles. The van der Waals surface area contributed by atoms with Crippen molar-refractivity contribution >= 4 is 33.7 Å². The average molecular weight is 357 g/mol. The standard InChI is InChI=1S/C13H10BrFN2O2S/c1-2-9-11(15)12(17-6-16-9)20-10-5-7(14)3-4-8(10)13(18)19/h3-6H,2H2,1H3,(H,18,19). The van der Waals surface area contributed by atoms with Crippen LogP contribution in [-0.2, 0) is 6.42 Å². The van der Waals surface area contributed by atoms with Crippen molar-refractivity contribution in [1.82, 2.24) is 9.97 Å². The Bertz CT molecular complexity index is 667. The third kappa shape index (κ3) is 3.16. The number of aryl methyl sites for hydroxylation is 1. The number of nitrogens with zero attached hydrogens (tertiary/aromatic N) is 2. The minimum Gasteiger partial charge on any atom is -0.478 e. The summed E-state index contributed by atoms with van der Waals surface area (Å²) in [5.41, 5.74) is 0.420. The molecule has 4 nitrogen and oxygen atoms in total. The summed E-state index contributed by atoms with van der Waals surface area (Å²) in [5.74, 6) is -1.57. The summed E-state index contributed by atoms with van der Waals surface area (Å²) >= 11 is 4.25. The van der Waals surface area contributed by atoms with Crippen molar-refractivity contribution in [1.29, 1.82) is 0 Å². The predicted octanol–water partition coefficient (Wildman–Crippen LogP) is 3.79. The van der Waals surface area contributed by atoms with Crippen molar-refractivity contribution in [3.05, 3.63) is 46.1 Å². The second-order valence-electron chi connectivity index (χ2n) is 3.84. The number of carboxylic acids is 1. The molecule has 2 aromatic rings. The topological polar surface area (TPSA) is 63.1 Å². The lowest BCUT2D eigenvalue weighted by molar-refractivity contribution is 0.0693. The van der Waals surface area contributed by atoms with E-state index >= 15 is 0 Å². The number of halogens is 2. The van der Waals surface area contributed by atoms with E-state index in [1.807, 2.05) is 0 Å². The van der Waals surface area contributed by atoms with Gasteiger partial charge in [0.25, 0.3) is 0 Å². The molecule has 0 aliphatic carbocycles. The summed E-state index contributed by atoms with van der Waals surface area (Å²) < 4.78 is 14.8. The maximum absolute atomic E-state index is 14.1. The molecule has 7 heteroatoms. The van der Waals surface area contributed by atoms with Gasteiger partial charge in [-0.15, -0.1) is 0 Å². The van der Waals surface area contributed by atoms with Crippen molar-refractivity contribution in [2.24, 2.45) is 0 Å². The molecule has 0 amide bonds. The van der Waals surface area contributed by atoms with Crippen LogP contribution in [0.5, 0.6) is 0 Å². The first-order valence-corrected chi connectivity index (χ1v) is 7.34. The quantitative estimate of drug-likeness (QED) is 0.844. The molecule has 0 bridgehead atoms. The molecular weight excluding hydrogens is 347 g/mol. The lowest BCUT2D eigenvalue weighted by atomic mass is 10.2. The summed E-state index contributed by atoms with van der Waals surface area (Å²) in [5, 5.41) is 9.27. The lowest BCUT2D eigenvalue weighted by Crippen LogP contribution is -2.01. The van der Waals surface area contributed by atoms with Gasteiger partial charge >= 0.3 is 5.97 Å². The molecular formula is C13H10BrFN2O2S. The first kappa shape index (κ1) is 14.9. The Balaban J connectivity index is 2.44. The van der Waals surface area contributed by atoms with Crippen LogP contribution in [-0.4, -0.2) is 21.0 Å². The molecule has 0 aliphatic heterocycles. The number of hydrogen-bond acceptors (Lipinski definition) is 4. The number of rotatable bonds is 4. The van der Waals surface area contributed by atoms with E-state index in [-0.39, 0.29) is 10.6 Å². The van der Waals surface area contributed by atoms with Crippen molar-refractivity contribution in [3.63, 3.8) is 0 Å². The van der Waals surface area contributed by atoms with Crippen LogP contribution >= 0.6 is 27.7 Å². The van der Waals surface area contributed by atoms with E-state index in [1.54, 1.807) is 19.1 Å². The fraction of sp³-hybridized carbons (Fsp3) is 0.154. The molecule has 104 valence electrons. The van der Waals surface area contributed by atoms with E-state index in [0.717, 1.165) is 16.2 Å².